The van der Waals surface area contributed by atoms with E-state index in [1.165, 1.54) is 6.20 Å². The molecule has 0 heterocycles. The van der Waals surface area contributed by atoms with Crippen LogP contribution in [0, 0.1) is 0 Å². The molecule has 0 bridgehead atoms. The lowest BCUT2D eigenvalue weighted by Crippen LogP contribution is -1.93. The van der Waals surface area contributed by atoms with Gasteiger partial charge in [-0.05, 0) is 29.3 Å². The summed E-state index contributed by atoms with van der Waals surface area (Å²) in [5.74, 6) is 0. The monoisotopic (exact) mass is 222 g/mol. The molecule has 0 radical (unpaired) electrons. The van der Waals surface area contributed by atoms with E-state index >= 15 is 0 Å². The van der Waals surface area contributed by atoms with E-state index in [1.54, 1.807) is 37.5 Å². The maximum absolute atomic E-state index is 10.8. The topological polar surface area (TPSA) is 55.4 Å². The predicted molar refractivity (Wildman–Crippen MR) is 63.2 cm³/mol. The predicted octanol–water partition coefficient (Wildman–Crippen LogP) is 2.07. The van der Waals surface area contributed by atoms with Crippen molar-refractivity contribution >= 4 is 28.6 Å². The Morgan fingerprint density at radius 2 is 1.87 bits per heavy atom. The molecule has 0 fully saturated rings. The van der Waals surface area contributed by atoms with Gasteiger partial charge in [-0.15, -0.1) is 0 Å². The van der Waals surface area contributed by atoms with Crippen molar-refractivity contribution in [3.05, 3.63) is 41.6 Å². The molecular formula is C11H11ClN2O. The van der Waals surface area contributed by atoms with Crippen LogP contribution >= 0.6 is 11.6 Å². The van der Waals surface area contributed by atoms with Gasteiger partial charge in [0.05, 0.1) is 0 Å². The standard InChI is InChI=1S/C11H11ClN2O/c1-14-7-10(6-13)8-2-4-9(5-3-8)11(12)15/h2-7H,13H2,1H3. The molecule has 15 heavy (non-hydrogen) atoms. The lowest BCUT2D eigenvalue weighted by molar-refractivity contribution is 0.108. The summed E-state index contributed by atoms with van der Waals surface area (Å²) >= 11 is 5.33. The van der Waals surface area contributed by atoms with E-state index in [1.807, 2.05) is 0 Å². The van der Waals surface area contributed by atoms with Gasteiger partial charge < -0.3 is 5.73 Å². The molecule has 4 heteroatoms. The number of benzene rings is 1. The van der Waals surface area contributed by atoms with Crippen LogP contribution in [0.1, 0.15) is 15.9 Å². The number of hydrogen-bond acceptors (Lipinski definition) is 3. The Balaban J connectivity index is 3.02. The maximum atomic E-state index is 10.8. The van der Waals surface area contributed by atoms with Crippen LogP contribution in [0.4, 0.5) is 0 Å². The zero-order valence-corrected chi connectivity index (χ0v) is 9.03. The Bertz CT molecular complexity index is 407. The SMILES string of the molecule is CN=CC(=CN)c1ccc(C(=O)Cl)cc1. The van der Waals surface area contributed by atoms with Gasteiger partial charge in [-0.2, -0.15) is 0 Å². The van der Waals surface area contributed by atoms with E-state index in [0.29, 0.717) is 5.56 Å². The van der Waals surface area contributed by atoms with Crippen LogP contribution in [0.3, 0.4) is 0 Å². The number of hydrogen-bond donors (Lipinski definition) is 1. The van der Waals surface area contributed by atoms with Crippen LogP contribution in [0.5, 0.6) is 0 Å². The van der Waals surface area contributed by atoms with E-state index in [2.05, 4.69) is 4.99 Å². The number of allylic oxidation sites excluding steroid dienone is 1. The van der Waals surface area contributed by atoms with E-state index in [-0.39, 0.29) is 0 Å². The highest BCUT2D eigenvalue weighted by atomic mass is 35.5. The highest BCUT2D eigenvalue weighted by Gasteiger charge is 2.02. The lowest BCUT2D eigenvalue weighted by Gasteiger charge is -2.01. The van der Waals surface area contributed by atoms with Crippen molar-refractivity contribution in [2.45, 2.75) is 0 Å². The molecule has 1 aromatic rings. The Hall–Kier alpha value is -1.61. The first-order valence-electron chi connectivity index (χ1n) is 4.33. The highest BCUT2D eigenvalue weighted by Crippen LogP contribution is 2.13. The maximum Gasteiger partial charge on any atom is 0.252 e. The normalized spacial score (nSPS) is 12.0. The third-order valence-electron chi connectivity index (χ3n) is 1.89. The second-order valence-corrected chi connectivity index (χ2v) is 3.20. The van der Waals surface area contributed by atoms with Gasteiger partial charge in [-0.1, -0.05) is 12.1 Å². The highest BCUT2D eigenvalue weighted by molar-refractivity contribution is 6.67. The third-order valence-corrected chi connectivity index (χ3v) is 2.11. The lowest BCUT2D eigenvalue weighted by atomic mass is 10.1. The number of halogens is 1. The molecule has 0 amide bonds. The molecule has 0 atom stereocenters. The van der Waals surface area contributed by atoms with Gasteiger partial charge >= 0.3 is 0 Å². The molecule has 0 aromatic heterocycles. The molecule has 1 rings (SSSR count). The number of aliphatic imine (C=N–C) groups is 1. The first-order chi connectivity index (χ1) is 7.19. The molecule has 0 aliphatic carbocycles. The average molecular weight is 223 g/mol. The average Bonchev–Trinajstić information content (AvgIpc) is 2.26. The minimum Gasteiger partial charge on any atom is -0.404 e. The summed E-state index contributed by atoms with van der Waals surface area (Å²) in [6.07, 6.45) is 3.11. The van der Waals surface area contributed by atoms with E-state index < -0.39 is 5.24 Å². The Morgan fingerprint density at radius 1 is 1.33 bits per heavy atom. The second kappa shape index (κ2) is 5.32. The first kappa shape index (κ1) is 11.5. The van der Waals surface area contributed by atoms with Crippen molar-refractivity contribution in [2.24, 2.45) is 10.7 Å². The second-order valence-electron chi connectivity index (χ2n) is 2.86. The number of rotatable bonds is 3. The number of nitrogens with two attached hydrogens (primary N) is 1. The summed E-state index contributed by atoms with van der Waals surface area (Å²) in [4.78, 5) is 14.7. The molecule has 0 saturated carbocycles. The fourth-order valence-electron chi connectivity index (χ4n) is 1.15. The first-order valence-corrected chi connectivity index (χ1v) is 4.71. The van der Waals surface area contributed by atoms with Gasteiger partial charge in [-0.3, -0.25) is 9.79 Å². The van der Waals surface area contributed by atoms with Gasteiger partial charge in [0.1, 0.15) is 0 Å². The summed E-state index contributed by atoms with van der Waals surface area (Å²) in [5.41, 5.74) is 7.60. The zero-order valence-electron chi connectivity index (χ0n) is 8.27. The molecule has 3 nitrogen and oxygen atoms in total. The summed E-state index contributed by atoms with van der Waals surface area (Å²) in [5, 5.41) is -0.469. The van der Waals surface area contributed by atoms with Crippen molar-refractivity contribution in [2.75, 3.05) is 7.05 Å². The minimum atomic E-state index is -0.469. The van der Waals surface area contributed by atoms with Gasteiger partial charge in [0, 0.05) is 30.6 Å². The van der Waals surface area contributed by atoms with Crippen molar-refractivity contribution < 1.29 is 4.79 Å². The van der Waals surface area contributed by atoms with Crippen LogP contribution in [-0.2, 0) is 0 Å². The van der Waals surface area contributed by atoms with E-state index in [0.717, 1.165) is 11.1 Å². The molecule has 0 aliphatic heterocycles. The van der Waals surface area contributed by atoms with Gasteiger partial charge in [0.2, 0.25) is 0 Å². The quantitative estimate of drug-likeness (QED) is 0.629. The molecule has 1 aromatic carbocycles. The number of nitrogens with zero attached hydrogens (tertiary/aromatic N) is 1. The van der Waals surface area contributed by atoms with Crippen LogP contribution in [0.25, 0.3) is 5.57 Å². The minimum absolute atomic E-state index is 0.463. The van der Waals surface area contributed by atoms with Gasteiger partial charge in [0.25, 0.3) is 5.24 Å². The Morgan fingerprint density at radius 3 is 2.27 bits per heavy atom. The molecule has 0 spiro atoms. The summed E-state index contributed by atoms with van der Waals surface area (Å²) in [7, 11) is 1.67. The summed E-state index contributed by atoms with van der Waals surface area (Å²) in [6.45, 7) is 0. The number of carbonyl (C=O) groups excluding carboxylic acids is 1. The van der Waals surface area contributed by atoms with Crippen molar-refractivity contribution in [3.8, 4) is 0 Å². The molecule has 0 saturated heterocycles. The van der Waals surface area contributed by atoms with Crippen LogP contribution < -0.4 is 5.73 Å². The van der Waals surface area contributed by atoms with Gasteiger partial charge in [-0.25, -0.2) is 0 Å². The van der Waals surface area contributed by atoms with Crippen molar-refractivity contribution in [1.82, 2.24) is 0 Å². The Kier molecular flexibility index (Phi) is 4.06. The zero-order chi connectivity index (χ0) is 11.3. The van der Waals surface area contributed by atoms with E-state index in [9.17, 15) is 4.79 Å². The van der Waals surface area contributed by atoms with E-state index in [4.69, 9.17) is 17.3 Å². The Labute approximate surface area is 93.3 Å². The fourth-order valence-corrected chi connectivity index (χ4v) is 1.27. The van der Waals surface area contributed by atoms with Crippen molar-refractivity contribution in [1.29, 1.82) is 0 Å². The molecule has 0 aliphatic rings. The molecule has 78 valence electrons. The van der Waals surface area contributed by atoms with Crippen LogP contribution in [-0.4, -0.2) is 18.5 Å². The summed E-state index contributed by atoms with van der Waals surface area (Å²) < 4.78 is 0. The molecule has 2 N–H and O–H groups in total. The van der Waals surface area contributed by atoms with Gasteiger partial charge in [0.15, 0.2) is 0 Å². The van der Waals surface area contributed by atoms with Crippen LogP contribution in [0.15, 0.2) is 35.5 Å². The largest absolute Gasteiger partial charge is 0.404 e. The summed E-state index contributed by atoms with van der Waals surface area (Å²) in [6, 6.07) is 6.85. The molecular weight excluding hydrogens is 212 g/mol. The third kappa shape index (κ3) is 2.92. The number of carbonyl (C=O) groups is 1. The fraction of sp³-hybridized carbons (Fsp3) is 0.0909. The van der Waals surface area contributed by atoms with Crippen LogP contribution in [0.2, 0.25) is 0 Å². The molecule has 0 unspecified atom stereocenters. The smallest absolute Gasteiger partial charge is 0.252 e. The van der Waals surface area contributed by atoms with Crippen molar-refractivity contribution in [3.63, 3.8) is 0 Å².